The van der Waals surface area contributed by atoms with Crippen LogP contribution in [0.3, 0.4) is 0 Å². The first-order valence-electron chi connectivity index (χ1n) is 7.44. The van der Waals surface area contributed by atoms with Crippen LogP contribution in [0.4, 0.5) is 5.69 Å². The summed E-state index contributed by atoms with van der Waals surface area (Å²) in [6, 6.07) is 5.23. The fraction of sp³-hybridized carbons (Fsp3) is 0.562. The van der Waals surface area contributed by atoms with Crippen molar-refractivity contribution in [3.05, 3.63) is 28.8 Å². The molecule has 1 amide bonds. The zero-order chi connectivity index (χ0) is 14.5. The molecular formula is C16H23ClN2O. The van der Waals surface area contributed by atoms with Crippen LogP contribution in [0.1, 0.15) is 55.8 Å². The minimum absolute atomic E-state index is 0.0647. The Kier molecular flexibility index (Phi) is 5.30. The molecule has 20 heavy (non-hydrogen) atoms. The molecule has 1 aliphatic rings. The smallest absolute Gasteiger partial charge is 0.251 e. The van der Waals surface area contributed by atoms with Gasteiger partial charge in [-0.15, -0.1) is 0 Å². The Balaban J connectivity index is 1.97. The fourth-order valence-electron chi connectivity index (χ4n) is 2.90. The van der Waals surface area contributed by atoms with Crippen LogP contribution in [-0.4, -0.2) is 11.9 Å². The molecule has 2 rings (SSSR count). The minimum atomic E-state index is -0.0647. The molecule has 110 valence electrons. The highest BCUT2D eigenvalue weighted by Gasteiger charge is 2.21. The van der Waals surface area contributed by atoms with Gasteiger partial charge in [-0.3, -0.25) is 4.79 Å². The Morgan fingerprint density at radius 2 is 1.95 bits per heavy atom. The van der Waals surface area contributed by atoms with Crippen molar-refractivity contribution in [2.75, 3.05) is 5.73 Å². The summed E-state index contributed by atoms with van der Waals surface area (Å²) in [6.45, 7) is 2.10. The van der Waals surface area contributed by atoms with Crippen LogP contribution < -0.4 is 11.1 Å². The Labute approximate surface area is 125 Å². The lowest BCUT2D eigenvalue weighted by molar-refractivity contribution is 0.0924. The Morgan fingerprint density at radius 3 is 2.55 bits per heavy atom. The van der Waals surface area contributed by atoms with E-state index >= 15 is 0 Å². The first-order chi connectivity index (χ1) is 9.58. The van der Waals surface area contributed by atoms with Crippen molar-refractivity contribution >= 4 is 23.2 Å². The predicted molar refractivity (Wildman–Crippen MR) is 84.0 cm³/mol. The zero-order valence-corrected chi connectivity index (χ0v) is 12.7. The third kappa shape index (κ3) is 3.89. The van der Waals surface area contributed by atoms with Crippen molar-refractivity contribution in [2.45, 2.75) is 51.5 Å². The van der Waals surface area contributed by atoms with E-state index in [9.17, 15) is 4.79 Å². The first-order valence-corrected chi connectivity index (χ1v) is 7.81. The number of halogens is 1. The predicted octanol–water partition coefficient (Wildman–Crippen LogP) is 4.01. The summed E-state index contributed by atoms with van der Waals surface area (Å²) in [6.07, 6.45) is 7.63. The first kappa shape index (κ1) is 15.2. The van der Waals surface area contributed by atoms with Gasteiger partial charge in [0, 0.05) is 11.6 Å². The Morgan fingerprint density at radius 1 is 1.30 bits per heavy atom. The molecular weight excluding hydrogens is 272 g/mol. The summed E-state index contributed by atoms with van der Waals surface area (Å²) >= 11 is 5.87. The summed E-state index contributed by atoms with van der Waals surface area (Å²) in [7, 11) is 0. The van der Waals surface area contributed by atoms with E-state index < -0.39 is 0 Å². The van der Waals surface area contributed by atoms with Gasteiger partial charge >= 0.3 is 0 Å². The number of carbonyl (C=O) groups is 1. The van der Waals surface area contributed by atoms with Crippen LogP contribution >= 0.6 is 11.6 Å². The monoisotopic (exact) mass is 294 g/mol. The molecule has 0 bridgehead atoms. The minimum Gasteiger partial charge on any atom is -0.398 e. The number of nitrogens with two attached hydrogens (primary N) is 1. The Bertz CT molecular complexity index is 468. The van der Waals surface area contributed by atoms with E-state index in [4.69, 9.17) is 17.3 Å². The number of nitrogen functional groups attached to an aromatic ring is 1. The molecule has 0 unspecified atom stereocenters. The van der Waals surface area contributed by atoms with E-state index in [2.05, 4.69) is 12.2 Å². The van der Waals surface area contributed by atoms with Crippen molar-refractivity contribution in [1.82, 2.24) is 5.32 Å². The standard InChI is InChI=1S/C16H23ClN2O/c1-11(12-6-4-2-3-5-7-12)19-16(20)13-8-9-14(17)15(18)10-13/h8-12H,2-7,18H2,1H3,(H,19,20)/t11-/m0/s1. The number of anilines is 1. The van der Waals surface area contributed by atoms with E-state index in [1.54, 1.807) is 18.2 Å². The lowest BCUT2D eigenvalue weighted by Gasteiger charge is -2.23. The van der Waals surface area contributed by atoms with E-state index in [0.717, 1.165) is 0 Å². The van der Waals surface area contributed by atoms with Crippen molar-refractivity contribution in [2.24, 2.45) is 5.92 Å². The molecule has 1 aromatic rings. The van der Waals surface area contributed by atoms with E-state index in [-0.39, 0.29) is 11.9 Å². The molecule has 0 radical (unpaired) electrons. The SMILES string of the molecule is C[C@H](NC(=O)c1ccc(Cl)c(N)c1)C1CCCCCC1. The quantitative estimate of drug-likeness (QED) is 0.654. The Hall–Kier alpha value is -1.22. The molecule has 1 saturated carbocycles. The normalized spacial score (nSPS) is 18.3. The second-order valence-corrected chi connectivity index (χ2v) is 6.16. The highest BCUT2D eigenvalue weighted by Crippen LogP contribution is 2.26. The molecule has 0 saturated heterocycles. The number of hydrogen-bond donors (Lipinski definition) is 2. The van der Waals surface area contributed by atoms with Crippen molar-refractivity contribution < 1.29 is 4.79 Å². The molecule has 4 heteroatoms. The molecule has 1 aromatic carbocycles. The van der Waals surface area contributed by atoms with Gasteiger partial charge in [0.25, 0.3) is 5.91 Å². The maximum absolute atomic E-state index is 12.2. The number of hydrogen-bond acceptors (Lipinski definition) is 2. The van der Waals surface area contributed by atoms with Crippen molar-refractivity contribution in [3.8, 4) is 0 Å². The van der Waals surface area contributed by atoms with Crippen LogP contribution in [0.25, 0.3) is 0 Å². The summed E-state index contributed by atoms with van der Waals surface area (Å²) in [5.74, 6) is 0.524. The fourth-order valence-corrected chi connectivity index (χ4v) is 3.02. The average Bonchev–Trinajstić information content (AvgIpc) is 2.70. The summed E-state index contributed by atoms with van der Waals surface area (Å²) < 4.78 is 0. The molecule has 3 nitrogen and oxygen atoms in total. The van der Waals surface area contributed by atoms with Crippen molar-refractivity contribution in [1.29, 1.82) is 0 Å². The number of nitrogens with one attached hydrogen (secondary N) is 1. The van der Waals surface area contributed by atoms with E-state index in [1.165, 1.54) is 38.5 Å². The molecule has 3 N–H and O–H groups in total. The van der Waals surface area contributed by atoms with E-state index in [0.29, 0.717) is 22.2 Å². The van der Waals surface area contributed by atoms with Gasteiger partial charge in [-0.25, -0.2) is 0 Å². The molecule has 0 spiro atoms. The number of amides is 1. The van der Waals surface area contributed by atoms with Gasteiger partial charge in [0.1, 0.15) is 0 Å². The third-order valence-electron chi connectivity index (χ3n) is 4.22. The maximum atomic E-state index is 12.2. The molecule has 1 fully saturated rings. The number of rotatable bonds is 3. The van der Waals surface area contributed by atoms with Gasteiger partial charge in [0.05, 0.1) is 10.7 Å². The van der Waals surface area contributed by atoms with Crippen LogP contribution in [-0.2, 0) is 0 Å². The van der Waals surface area contributed by atoms with Crippen molar-refractivity contribution in [3.63, 3.8) is 0 Å². The molecule has 0 aliphatic heterocycles. The summed E-state index contributed by atoms with van der Waals surface area (Å²) in [4.78, 5) is 12.2. The zero-order valence-electron chi connectivity index (χ0n) is 12.0. The van der Waals surface area contributed by atoms with Gasteiger partial charge < -0.3 is 11.1 Å². The largest absolute Gasteiger partial charge is 0.398 e. The topological polar surface area (TPSA) is 55.1 Å². The lowest BCUT2D eigenvalue weighted by atomic mass is 9.93. The number of benzene rings is 1. The van der Waals surface area contributed by atoms with Crippen LogP contribution in [0.2, 0.25) is 5.02 Å². The van der Waals surface area contributed by atoms with Crippen LogP contribution in [0.15, 0.2) is 18.2 Å². The lowest BCUT2D eigenvalue weighted by Crippen LogP contribution is -2.38. The second-order valence-electron chi connectivity index (χ2n) is 5.75. The highest BCUT2D eigenvalue weighted by molar-refractivity contribution is 6.33. The molecule has 1 aliphatic carbocycles. The molecule has 1 atom stereocenters. The molecule has 0 heterocycles. The third-order valence-corrected chi connectivity index (χ3v) is 4.57. The maximum Gasteiger partial charge on any atom is 0.251 e. The van der Waals surface area contributed by atoms with Gasteiger partial charge in [-0.05, 0) is 43.9 Å². The van der Waals surface area contributed by atoms with Gasteiger partial charge in [0.2, 0.25) is 0 Å². The number of carbonyl (C=O) groups excluding carboxylic acids is 1. The average molecular weight is 295 g/mol. The van der Waals surface area contributed by atoms with Crippen LogP contribution in [0, 0.1) is 5.92 Å². The van der Waals surface area contributed by atoms with Gasteiger partial charge in [0.15, 0.2) is 0 Å². The van der Waals surface area contributed by atoms with E-state index in [1.807, 2.05) is 0 Å². The molecule has 0 aromatic heterocycles. The van der Waals surface area contributed by atoms with Gasteiger partial charge in [-0.1, -0.05) is 37.3 Å². The summed E-state index contributed by atoms with van der Waals surface area (Å²) in [5, 5.41) is 3.59. The highest BCUT2D eigenvalue weighted by atomic mass is 35.5. The second kappa shape index (κ2) is 6.98. The summed E-state index contributed by atoms with van der Waals surface area (Å²) in [5.41, 5.74) is 6.76. The van der Waals surface area contributed by atoms with Crippen LogP contribution in [0.5, 0.6) is 0 Å². The van der Waals surface area contributed by atoms with Gasteiger partial charge in [-0.2, -0.15) is 0 Å².